The summed E-state index contributed by atoms with van der Waals surface area (Å²) in [6.07, 6.45) is 0.692. The van der Waals surface area contributed by atoms with Gasteiger partial charge in [0.05, 0.1) is 0 Å². The Morgan fingerprint density at radius 2 is 1.93 bits per heavy atom. The Kier molecular flexibility index (Phi) is 2.70. The lowest BCUT2D eigenvalue weighted by Gasteiger charge is -2.01. The van der Waals surface area contributed by atoms with Gasteiger partial charge in [0.25, 0.3) is 5.56 Å². The molecule has 0 atom stereocenters. The molecule has 0 fully saturated rings. The lowest BCUT2D eigenvalue weighted by atomic mass is 10.3. The van der Waals surface area contributed by atoms with Crippen LogP contribution in [0, 0.1) is 0 Å². The predicted molar refractivity (Wildman–Crippen MR) is 45.9 cm³/mol. The van der Waals surface area contributed by atoms with E-state index in [4.69, 9.17) is 10.2 Å². The van der Waals surface area contributed by atoms with Crippen molar-refractivity contribution in [3.05, 3.63) is 32.6 Å². The summed E-state index contributed by atoms with van der Waals surface area (Å²) in [6, 6.07) is 0. The zero-order chi connectivity index (χ0) is 11.6. The van der Waals surface area contributed by atoms with E-state index in [1.807, 2.05) is 0 Å². The molecule has 8 heteroatoms. The van der Waals surface area contributed by atoms with Crippen LogP contribution in [-0.4, -0.2) is 31.7 Å². The number of carboxylic acid groups (broad SMARTS) is 2. The summed E-state index contributed by atoms with van der Waals surface area (Å²) in [6.45, 7) is -0.712. The molecule has 1 heterocycles. The highest BCUT2D eigenvalue weighted by Crippen LogP contribution is 1.87. The number of rotatable bonds is 3. The quantitative estimate of drug-likeness (QED) is 0.551. The zero-order valence-corrected chi connectivity index (χ0v) is 7.26. The van der Waals surface area contributed by atoms with Gasteiger partial charge in [0.15, 0.2) is 0 Å². The van der Waals surface area contributed by atoms with Gasteiger partial charge >= 0.3 is 17.6 Å². The summed E-state index contributed by atoms with van der Waals surface area (Å²) >= 11 is 0. The monoisotopic (exact) mass is 214 g/mol. The number of H-pyrrole nitrogens is 1. The van der Waals surface area contributed by atoms with E-state index in [2.05, 4.69) is 0 Å². The molecule has 15 heavy (non-hydrogen) atoms. The fraction of sp³-hybridized carbons (Fsp3) is 0.143. The third kappa shape index (κ3) is 2.30. The van der Waals surface area contributed by atoms with E-state index < -0.39 is 35.3 Å². The highest BCUT2D eigenvalue weighted by atomic mass is 16.4. The summed E-state index contributed by atoms with van der Waals surface area (Å²) in [5.74, 6) is -2.85. The molecule has 0 aliphatic rings. The number of aliphatic carboxylic acids is 1. The second-order valence-corrected chi connectivity index (χ2v) is 2.63. The molecule has 0 aliphatic carbocycles. The fourth-order valence-corrected chi connectivity index (χ4v) is 0.925. The number of nitrogens with zero attached hydrogens (tertiary/aromatic N) is 1. The molecule has 0 aromatic carbocycles. The van der Waals surface area contributed by atoms with E-state index in [0.717, 1.165) is 0 Å². The molecule has 0 saturated carbocycles. The number of hydrogen-bond donors (Lipinski definition) is 3. The van der Waals surface area contributed by atoms with Crippen LogP contribution in [0.2, 0.25) is 0 Å². The SMILES string of the molecule is O=C(O)Cn1cc(C(=O)O)c(=O)[nH]c1=O. The van der Waals surface area contributed by atoms with Crippen LogP contribution < -0.4 is 11.2 Å². The number of aromatic nitrogens is 2. The first kappa shape index (κ1) is 10.7. The lowest BCUT2D eigenvalue weighted by molar-refractivity contribution is -0.137. The first-order valence-corrected chi connectivity index (χ1v) is 3.70. The smallest absolute Gasteiger partial charge is 0.342 e. The van der Waals surface area contributed by atoms with E-state index in [1.54, 1.807) is 4.98 Å². The molecule has 0 saturated heterocycles. The second kappa shape index (κ2) is 3.78. The maximum Gasteiger partial charge on any atom is 0.342 e. The van der Waals surface area contributed by atoms with Crippen molar-refractivity contribution in [1.29, 1.82) is 0 Å². The van der Waals surface area contributed by atoms with Gasteiger partial charge in [-0.2, -0.15) is 0 Å². The van der Waals surface area contributed by atoms with Crippen molar-refractivity contribution in [1.82, 2.24) is 9.55 Å². The summed E-state index contributed by atoms with van der Waals surface area (Å²) in [7, 11) is 0. The van der Waals surface area contributed by atoms with Crippen LogP contribution in [0.4, 0.5) is 0 Å². The van der Waals surface area contributed by atoms with Crippen LogP contribution in [0.5, 0.6) is 0 Å². The lowest BCUT2D eigenvalue weighted by Crippen LogP contribution is -2.34. The Morgan fingerprint density at radius 1 is 1.33 bits per heavy atom. The first-order valence-electron chi connectivity index (χ1n) is 3.70. The third-order valence-corrected chi connectivity index (χ3v) is 1.55. The Hall–Kier alpha value is -2.38. The molecular formula is C7H6N2O6. The molecule has 0 amide bonds. The van der Waals surface area contributed by atoms with Crippen LogP contribution in [-0.2, 0) is 11.3 Å². The van der Waals surface area contributed by atoms with Crippen molar-refractivity contribution < 1.29 is 19.8 Å². The summed E-state index contributed by atoms with van der Waals surface area (Å²) in [4.78, 5) is 44.4. The summed E-state index contributed by atoms with van der Waals surface area (Å²) in [5.41, 5.74) is -2.71. The van der Waals surface area contributed by atoms with E-state index in [-0.39, 0.29) is 0 Å². The zero-order valence-electron chi connectivity index (χ0n) is 7.26. The molecule has 3 N–H and O–H groups in total. The normalized spacial score (nSPS) is 9.87. The molecule has 1 rings (SSSR count). The van der Waals surface area contributed by atoms with Crippen LogP contribution in [0.15, 0.2) is 15.8 Å². The van der Waals surface area contributed by atoms with Gasteiger partial charge in [-0.05, 0) is 0 Å². The van der Waals surface area contributed by atoms with Crippen molar-refractivity contribution in [3.63, 3.8) is 0 Å². The van der Waals surface area contributed by atoms with Gasteiger partial charge in [-0.1, -0.05) is 0 Å². The number of aromatic amines is 1. The highest BCUT2D eigenvalue weighted by Gasteiger charge is 2.12. The third-order valence-electron chi connectivity index (χ3n) is 1.55. The molecule has 0 aliphatic heterocycles. The molecule has 8 nitrogen and oxygen atoms in total. The Bertz CT molecular complexity index is 525. The largest absolute Gasteiger partial charge is 0.480 e. The van der Waals surface area contributed by atoms with Gasteiger partial charge in [-0.15, -0.1) is 0 Å². The topological polar surface area (TPSA) is 129 Å². The van der Waals surface area contributed by atoms with Crippen LogP contribution in [0.1, 0.15) is 10.4 Å². The summed E-state index contributed by atoms with van der Waals surface area (Å²) in [5, 5.41) is 16.9. The van der Waals surface area contributed by atoms with Crippen molar-refractivity contribution in [2.45, 2.75) is 6.54 Å². The molecule has 1 aromatic rings. The van der Waals surface area contributed by atoms with Gasteiger partial charge in [0.2, 0.25) is 0 Å². The Morgan fingerprint density at radius 3 is 2.40 bits per heavy atom. The average Bonchev–Trinajstić information content (AvgIpc) is 2.08. The fourth-order valence-electron chi connectivity index (χ4n) is 0.925. The van der Waals surface area contributed by atoms with Gasteiger partial charge in [-0.3, -0.25) is 19.1 Å². The number of hydrogen-bond acceptors (Lipinski definition) is 4. The minimum absolute atomic E-state index is 0.590. The molecule has 80 valence electrons. The maximum absolute atomic E-state index is 11.0. The average molecular weight is 214 g/mol. The van der Waals surface area contributed by atoms with Gasteiger partial charge in [0, 0.05) is 6.20 Å². The standard InChI is InChI=1S/C7H6N2O6/c10-4(11)2-9-1-3(6(13)14)5(12)8-7(9)15/h1H,2H2,(H,10,11)(H,13,14)(H,8,12,15). The molecule has 0 bridgehead atoms. The van der Waals surface area contributed by atoms with Crippen molar-refractivity contribution in [2.24, 2.45) is 0 Å². The summed E-state index contributed by atoms with van der Waals surface area (Å²) < 4.78 is 0.590. The Balaban J connectivity index is 3.36. The molecule has 0 spiro atoms. The van der Waals surface area contributed by atoms with E-state index in [9.17, 15) is 19.2 Å². The van der Waals surface area contributed by atoms with Crippen LogP contribution in [0.3, 0.4) is 0 Å². The number of nitrogens with one attached hydrogen (secondary N) is 1. The van der Waals surface area contributed by atoms with E-state index in [0.29, 0.717) is 10.8 Å². The van der Waals surface area contributed by atoms with Crippen molar-refractivity contribution in [3.8, 4) is 0 Å². The number of carboxylic acids is 2. The van der Waals surface area contributed by atoms with Crippen molar-refractivity contribution in [2.75, 3.05) is 0 Å². The van der Waals surface area contributed by atoms with Gasteiger partial charge in [-0.25, -0.2) is 9.59 Å². The minimum Gasteiger partial charge on any atom is -0.480 e. The molecular weight excluding hydrogens is 208 g/mol. The van der Waals surface area contributed by atoms with Crippen LogP contribution >= 0.6 is 0 Å². The Labute approximate surface area is 81.4 Å². The number of aromatic carboxylic acids is 1. The van der Waals surface area contributed by atoms with E-state index >= 15 is 0 Å². The maximum atomic E-state index is 11.0. The number of carbonyl (C=O) groups is 2. The molecule has 0 unspecified atom stereocenters. The molecule has 1 aromatic heterocycles. The predicted octanol–water partition coefficient (Wildman–Crippen LogP) is -1.68. The van der Waals surface area contributed by atoms with Crippen LogP contribution in [0.25, 0.3) is 0 Å². The molecule has 0 radical (unpaired) electrons. The van der Waals surface area contributed by atoms with E-state index in [1.165, 1.54) is 0 Å². The highest BCUT2D eigenvalue weighted by molar-refractivity contribution is 5.86. The minimum atomic E-state index is -1.53. The van der Waals surface area contributed by atoms with Crippen molar-refractivity contribution >= 4 is 11.9 Å². The second-order valence-electron chi connectivity index (χ2n) is 2.63. The van der Waals surface area contributed by atoms with Gasteiger partial charge in [0.1, 0.15) is 12.1 Å². The van der Waals surface area contributed by atoms with Gasteiger partial charge < -0.3 is 10.2 Å². The first-order chi connectivity index (χ1) is 6.91.